The fourth-order valence-electron chi connectivity index (χ4n) is 3.50. The van der Waals surface area contributed by atoms with Gasteiger partial charge in [-0.05, 0) is 51.0 Å². The number of aliphatic hydroxyl groups is 1. The summed E-state index contributed by atoms with van der Waals surface area (Å²) in [6, 6.07) is 14.1. The minimum absolute atomic E-state index is 0.119. The molecule has 4 atom stereocenters. The molecule has 0 spiro atoms. The van der Waals surface area contributed by atoms with Crippen molar-refractivity contribution >= 4 is 11.9 Å². The molecule has 2 aromatic carbocycles. The van der Waals surface area contributed by atoms with Crippen LogP contribution in [0.2, 0.25) is 0 Å². The van der Waals surface area contributed by atoms with E-state index in [1.54, 1.807) is 71.2 Å². The van der Waals surface area contributed by atoms with E-state index in [2.05, 4.69) is 5.32 Å². The van der Waals surface area contributed by atoms with Crippen molar-refractivity contribution < 1.29 is 28.9 Å². The smallest absolute Gasteiger partial charge is 0.325 e. The van der Waals surface area contributed by atoms with E-state index in [0.717, 1.165) is 5.56 Å². The van der Waals surface area contributed by atoms with E-state index in [-0.39, 0.29) is 13.2 Å². The first-order valence-corrected chi connectivity index (χ1v) is 11.3. The molecule has 0 unspecified atom stereocenters. The van der Waals surface area contributed by atoms with Crippen LogP contribution in [0.4, 0.5) is 0 Å². The Morgan fingerprint density at radius 3 is 2.18 bits per heavy atom. The number of esters is 2. The molecule has 0 fully saturated rings. The van der Waals surface area contributed by atoms with Gasteiger partial charge in [0, 0.05) is 12.6 Å². The van der Waals surface area contributed by atoms with Crippen molar-refractivity contribution in [1.82, 2.24) is 5.32 Å². The van der Waals surface area contributed by atoms with Crippen LogP contribution in [0.3, 0.4) is 0 Å². The number of ether oxygens (including phenoxy) is 3. The summed E-state index contributed by atoms with van der Waals surface area (Å²) < 4.78 is 15.9. The second-order valence-corrected chi connectivity index (χ2v) is 8.95. The van der Waals surface area contributed by atoms with Gasteiger partial charge in [-0.15, -0.1) is 0 Å². The van der Waals surface area contributed by atoms with E-state index < -0.39 is 41.6 Å². The number of carbonyl (C=O) groups is 2. The van der Waals surface area contributed by atoms with Crippen molar-refractivity contribution in [2.24, 2.45) is 11.7 Å². The summed E-state index contributed by atoms with van der Waals surface area (Å²) in [6.45, 7) is 7.22. The van der Waals surface area contributed by atoms with Gasteiger partial charge in [0.05, 0.1) is 19.8 Å². The fourth-order valence-corrected chi connectivity index (χ4v) is 3.50. The molecule has 0 bridgehead atoms. The Kier molecular flexibility index (Phi) is 10.0. The zero-order chi connectivity index (χ0) is 25.3. The van der Waals surface area contributed by atoms with Crippen LogP contribution < -0.4 is 15.8 Å². The highest BCUT2D eigenvalue weighted by Gasteiger charge is 2.43. The highest BCUT2D eigenvalue weighted by Crippen LogP contribution is 2.28. The van der Waals surface area contributed by atoms with Crippen LogP contribution >= 0.6 is 0 Å². The first kappa shape index (κ1) is 27.3. The summed E-state index contributed by atoms with van der Waals surface area (Å²) in [5.74, 6) is -1.90. The fraction of sp³-hybridized carbons (Fsp3) is 0.462. The lowest BCUT2D eigenvalue weighted by Crippen LogP contribution is -2.54. The zero-order valence-corrected chi connectivity index (χ0v) is 20.5. The molecular formula is C26H36N2O6. The Balaban J connectivity index is 2.35. The molecule has 8 heteroatoms. The maximum Gasteiger partial charge on any atom is 0.325 e. The normalized spacial score (nSPS) is 15.0. The van der Waals surface area contributed by atoms with Crippen molar-refractivity contribution in [3.05, 3.63) is 65.7 Å². The van der Waals surface area contributed by atoms with Gasteiger partial charge < -0.3 is 25.1 Å². The summed E-state index contributed by atoms with van der Waals surface area (Å²) in [7, 11) is 1.58. The highest BCUT2D eigenvalue weighted by molar-refractivity contribution is 5.80. The number of nitrogens with two attached hydrogens (primary N) is 1. The quantitative estimate of drug-likeness (QED) is 0.427. The number of methoxy groups -OCH3 is 1. The minimum Gasteiger partial charge on any atom is -0.497 e. The molecule has 186 valence electrons. The molecular weight excluding hydrogens is 436 g/mol. The molecule has 4 N–H and O–H groups in total. The van der Waals surface area contributed by atoms with Gasteiger partial charge in [-0.2, -0.15) is 0 Å². The third-order valence-electron chi connectivity index (χ3n) is 5.19. The zero-order valence-electron chi connectivity index (χ0n) is 20.5. The Morgan fingerprint density at radius 1 is 1.03 bits per heavy atom. The van der Waals surface area contributed by atoms with Gasteiger partial charge in [-0.1, -0.05) is 42.5 Å². The van der Waals surface area contributed by atoms with Crippen molar-refractivity contribution in [2.45, 2.75) is 58.0 Å². The van der Waals surface area contributed by atoms with Gasteiger partial charge in [-0.3, -0.25) is 14.9 Å². The SMILES string of the molecule is CCOC(=O)[C@@H](NCc1ccc(OC)cc1)[C@@H](O)[C@@H](C(=O)OC(C)(C)C)[C@H](N)c1ccccc1. The Hall–Kier alpha value is -2.94. The summed E-state index contributed by atoms with van der Waals surface area (Å²) >= 11 is 0. The molecule has 0 saturated heterocycles. The summed E-state index contributed by atoms with van der Waals surface area (Å²) in [6.07, 6.45) is -1.51. The molecule has 34 heavy (non-hydrogen) atoms. The summed E-state index contributed by atoms with van der Waals surface area (Å²) in [4.78, 5) is 26.0. The predicted octanol–water partition coefficient (Wildman–Crippen LogP) is 2.74. The minimum atomic E-state index is -1.51. The Bertz CT molecular complexity index is 911. The molecule has 0 aliphatic carbocycles. The molecule has 0 saturated carbocycles. The number of aliphatic hydroxyl groups excluding tert-OH is 1. The molecule has 8 nitrogen and oxygen atoms in total. The van der Waals surface area contributed by atoms with Crippen LogP contribution in [0, 0.1) is 5.92 Å². The summed E-state index contributed by atoms with van der Waals surface area (Å²) in [5.41, 5.74) is 7.14. The second kappa shape index (κ2) is 12.5. The summed E-state index contributed by atoms with van der Waals surface area (Å²) in [5, 5.41) is 14.4. The molecule has 0 heterocycles. The van der Waals surface area contributed by atoms with Crippen molar-refractivity contribution in [2.75, 3.05) is 13.7 Å². The van der Waals surface area contributed by atoms with Crippen LogP contribution in [0.25, 0.3) is 0 Å². The Morgan fingerprint density at radius 2 is 1.65 bits per heavy atom. The standard InChI is InChI=1S/C26H36N2O6/c1-6-33-25(31)22(28-16-17-12-14-19(32-5)15-13-17)23(29)20(24(30)34-26(2,3)4)21(27)18-10-8-7-9-11-18/h7-15,20-23,28-29H,6,16,27H2,1-5H3/t20-,21+,22-,23-/m0/s1. The lowest BCUT2D eigenvalue weighted by Gasteiger charge is -2.33. The largest absolute Gasteiger partial charge is 0.497 e. The van der Waals surface area contributed by atoms with Gasteiger partial charge in [0.15, 0.2) is 0 Å². The van der Waals surface area contributed by atoms with Crippen LogP contribution in [-0.2, 0) is 25.6 Å². The molecule has 0 amide bonds. The number of rotatable bonds is 11. The third kappa shape index (κ3) is 7.83. The number of nitrogens with one attached hydrogen (secondary N) is 1. The average Bonchev–Trinajstić information content (AvgIpc) is 2.79. The molecule has 0 aliphatic heterocycles. The first-order chi connectivity index (χ1) is 16.1. The predicted molar refractivity (Wildman–Crippen MR) is 129 cm³/mol. The van der Waals surface area contributed by atoms with Crippen LogP contribution in [-0.4, -0.2) is 48.5 Å². The number of carbonyl (C=O) groups excluding carboxylic acids is 2. The van der Waals surface area contributed by atoms with E-state index in [9.17, 15) is 14.7 Å². The van der Waals surface area contributed by atoms with E-state index in [1.165, 1.54) is 0 Å². The average molecular weight is 473 g/mol. The van der Waals surface area contributed by atoms with E-state index in [0.29, 0.717) is 11.3 Å². The first-order valence-electron chi connectivity index (χ1n) is 11.3. The van der Waals surface area contributed by atoms with Gasteiger partial charge in [0.1, 0.15) is 23.3 Å². The maximum atomic E-state index is 13.2. The van der Waals surface area contributed by atoms with Gasteiger partial charge >= 0.3 is 11.9 Å². The lowest BCUT2D eigenvalue weighted by molar-refractivity contribution is -0.168. The Labute approximate surface area is 201 Å². The van der Waals surface area contributed by atoms with Gasteiger partial charge in [-0.25, -0.2) is 0 Å². The van der Waals surface area contributed by atoms with Crippen LogP contribution in [0.5, 0.6) is 5.75 Å². The highest BCUT2D eigenvalue weighted by atomic mass is 16.6. The molecule has 2 rings (SSSR count). The second-order valence-electron chi connectivity index (χ2n) is 8.95. The van der Waals surface area contributed by atoms with Crippen molar-refractivity contribution in [3.8, 4) is 5.75 Å². The topological polar surface area (TPSA) is 120 Å². The van der Waals surface area contributed by atoms with Crippen molar-refractivity contribution in [1.29, 1.82) is 0 Å². The van der Waals surface area contributed by atoms with E-state index in [4.69, 9.17) is 19.9 Å². The van der Waals surface area contributed by atoms with E-state index >= 15 is 0 Å². The maximum absolute atomic E-state index is 13.2. The monoisotopic (exact) mass is 472 g/mol. The lowest BCUT2D eigenvalue weighted by atomic mass is 9.85. The van der Waals surface area contributed by atoms with Crippen LogP contribution in [0.1, 0.15) is 44.9 Å². The number of benzene rings is 2. The number of hydrogen-bond acceptors (Lipinski definition) is 8. The third-order valence-corrected chi connectivity index (χ3v) is 5.19. The van der Waals surface area contributed by atoms with Gasteiger partial charge in [0.2, 0.25) is 0 Å². The molecule has 0 radical (unpaired) electrons. The molecule has 2 aromatic rings. The van der Waals surface area contributed by atoms with Crippen LogP contribution in [0.15, 0.2) is 54.6 Å². The van der Waals surface area contributed by atoms with Crippen molar-refractivity contribution in [3.63, 3.8) is 0 Å². The number of hydrogen-bond donors (Lipinski definition) is 3. The molecule has 0 aliphatic rings. The van der Waals surface area contributed by atoms with Gasteiger partial charge in [0.25, 0.3) is 0 Å². The molecule has 0 aromatic heterocycles. The van der Waals surface area contributed by atoms with E-state index in [1.807, 2.05) is 18.2 Å².